The van der Waals surface area contributed by atoms with Gasteiger partial charge in [0.15, 0.2) is 5.69 Å². The quantitative estimate of drug-likeness (QED) is 0.711. The van der Waals surface area contributed by atoms with E-state index in [0.717, 1.165) is 0 Å². The number of aromatic nitrogens is 2. The minimum Gasteiger partial charge on any atom is -0.466 e. The minimum atomic E-state index is -0.461. The average molecular weight is 254 g/mol. The Morgan fingerprint density at radius 2 is 1.94 bits per heavy atom. The molecule has 18 heavy (non-hydrogen) atoms. The molecule has 1 rings (SSSR count). The van der Waals surface area contributed by atoms with E-state index >= 15 is 0 Å². The molecule has 0 aromatic carbocycles. The van der Waals surface area contributed by atoms with Crippen LogP contribution in [0.3, 0.4) is 0 Å². The highest BCUT2D eigenvalue weighted by molar-refractivity contribution is 5.88. The van der Waals surface area contributed by atoms with Crippen LogP contribution in [-0.4, -0.2) is 34.7 Å². The van der Waals surface area contributed by atoms with Crippen molar-refractivity contribution in [1.82, 2.24) is 9.55 Å². The fourth-order valence-corrected chi connectivity index (χ4v) is 1.57. The van der Waals surface area contributed by atoms with Gasteiger partial charge < -0.3 is 14.0 Å². The van der Waals surface area contributed by atoms with E-state index in [9.17, 15) is 9.59 Å². The Morgan fingerprint density at radius 1 is 1.28 bits per heavy atom. The van der Waals surface area contributed by atoms with Crippen LogP contribution in [0.1, 0.15) is 36.5 Å². The van der Waals surface area contributed by atoms with E-state index in [1.54, 1.807) is 25.5 Å². The molecule has 0 N–H and O–H groups in total. The van der Waals surface area contributed by atoms with Gasteiger partial charge in [0.25, 0.3) is 0 Å². The Morgan fingerprint density at radius 3 is 2.56 bits per heavy atom. The molecular formula is C12H18N2O4. The van der Waals surface area contributed by atoms with Crippen LogP contribution >= 0.6 is 0 Å². The maximum absolute atomic E-state index is 11.6. The first-order chi connectivity index (χ1) is 8.60. The molecule has 1 heterocycles. The molecule has 0 aliphatic rings. The first-order valence-electron chi connectivity index (χ1n) is 5.93. The zero-order valence-electron chi connectivity index (χ0n) is 10.9. The molecule has 0 aliphatic carbocycles. The summed E-state index contributed by atoms with van der Waals surface area (Å²) in [6, 6.07) is 0. The highest BCUT2D eigenvalue weighted by Gasteiger charge is 2.18. The number of ether oxygens (including phenoxy) is 2. The standard InChI is InChI=1S/C12H18N2O4/c1-4-17-10(15)7-6-9-11(12(16)18-5-2)13-8-14(9)3/h8H,4-7H2,1-3H3. The summed E-state index contributed by atoms with van der Waals surface area (Å²) in [4.78, 5) is 26.9. The molecule has 100 valence electrons. The lowest BCUT2D eigenvalue weighted by Crippen LogP contribution is -2.12. The van der Waals surface area contributed by atoms with Gasteiger partial charge in [0, 0.05) is 13.5 Å². The SMILES string of the molecule is CCOC(=O)CCc1c(C(=O)OCC)ncn1C. The molecule has 1 aromatic heterocycles. The first kappa shape index (κ1) is 14.2. The van der Waals surface area contributed by atoms with Gasteiger partial charge in [-0.05, 0) is 13.8 Å². The molecule has 0 spiro atoms. The van der Waals surface area contributed by atoms with Crippen LogP contribution in [0, 0.1) is 0 Å². The van der Waals surface area contributed by atoms with Crippen molar-refractivity contribution in [2.75, 3.05) is 13.2 Å². The summed E-state index contributed by atoms with van der Waals surface area (Å²) in [5.41, 5.74) is 0.949. The maximum atomic E-state index is 11.6. The van der Waals surface area contributed by atoms with Gasteiger partial charge in [-0.3, -0.25) is 4.79 Å². The smallest absolute Gasteiger partial charge is 0.358 e. The Labute approximate surface area is 106 Å². The van der Waals surface area contributed by atoms with Crippen LogP contribution in [0.2, 0.25) is 0 Å². The monoisotopic (exact) mass is 254 g/mol. The third kappa shape index (κ3) is 3.58. The number of carbonyl (C=O) groups excluding carboxylic acids is 2. The van der Waals surface area contributed by atoms with Crippen molar-refractivity contribution in [3.63, 3.8) is 0 Å². The van der Waals surface area contributed by atoms with E-state index in [4.69, 9.17) is 9.47 Å². The lowest BCUT2D eigenvalue weighted by molar-refractivity contribution is -0.143. The number of imidazole rings is 1. The summed E-state index contributed by atoms with van der Waals surface area (Å²) in [6.07, 6.45) is 2.16. The number of nitrogens with zero attached hydrogens (tertiary/aromatic N) is 2. The number of rotatable bonds is 6. The largest absolute Gasteiger partial charge is 0.466 e. The predicted molar refractivity (Wildman–Crippen MR) is 64.1 cm³/mol. The van der Waals surface area contributed by atoms with Gasteiger partial charge in [0.2, 0.25) is 0 Å². The van der Waals surface area contributed by atoms with Crippen molar-refractivity contribution in [1.29, 1.82) is 0 Å². The number of hydrogen-bond acceptors (Lipinski definition) is 5. The van der Waals surface area contributed by atoms with Crippen LogP contribution < -0.4 is 0 Å². The molecule has 1 aromatic rings. The van der Waals surface area contributed by atoms with Gasteiger partial charge in [-0.25, -0.2) is 9.78 Å². The summed E-state index contributed by atoms with van der Waals surface area (Å²) in [5, 5.41) is 0. The first-order valence-corrected chi connectivity index (χ1v) is 5.93. The third-order valence-electron chi connectivity index (χ3n) is 2.40. The topological polar surface area (TPSA) is 70.4 Å². The Hall–Kier alpha value is -1.85. The van der Waals surface area contributed by atoms with E-state index in [0.29, 0.717) is 25.3 Å². The molecule has 0 radical (unpaired) electrons. The average Bonchev–Trinajstić information content (AvgIpc) is 2.69. The molecular weight excluding hydrogens is 236 g/mol. The second-order valence-corrected chi connectivity index (χ2v) is 3.68. The number of carbonyl (C=O) groups is 2. The molecule has 6 nitrogen and oxygen atoms in total. The molecule has 0 fully saturated rings. The van der Waals surface area contributed by atoms with Gasteiger partial charge in [-0.15, -0.1) is 0 Å². The number of hydrogen-bond donors (Lipinski definition) is 0. The van der Waals surface area contributed by atoms with Crippen molar-refractivity contribution in [3.05, 3.63) is 17.7 Å². The predicted octanol–water partition coefficient (Wildman–Crippen LogP) is 1.09. The molecule has 0 aliphatic heterocycles. The molecule has 0 unspecified atom stereocenters. The third-order valence-corrected chi connectivity index (χ3v) is 2.40. The molecule has 0 amide bonds. The molecule has 0 bridgehead atoms. The van der Waals surface area contributed by atoms with Crippen LogP contribution in [0.4, 0.5) is 0 Å². The summed E-state index contributed by atoms with van der Waals surface area (Å²) in [7, 11) is 1.77. The summed E-state index contributed by atoms with van der Waals surface area (Å²) in [6.45, 7) is 4.15. The van der Waals surface area contributed by atoms with Crippen molar-refractivity contribution >= 4 is 11.9 Å². The Balaban J connectivity index is 2.72. The number of aryl methyl sites for hydroxylation is 1. The van der Waals surface area contributed by atoms with Crippen LogP contribution in [-0.2, 0) is 27.7 Å². The Kier molecular flexibility index (Phi) is 5.35. The zero-order chi connectivity index (χ0) is 13.5. The van der Waals surface area contributed by atoms with Crippen LogP contribution in [0.5, 0.6) is 0 Å². The van der Waals surface area contributed by atoms with Crippen molar-refractivity contribution in [2.45, 2.75) is 26.7 Å². The fraction of sp³-hybridized carbons (Fsp3) is 0.583. The fourth-order valence-electron chi connectivity index (χ4n) is 1.57. The molecule has 0 saturated heterocycles. The van der Waals surface area contributed by atoms with Crippen LogP contribution in [0.25, 0.3) is 0 Å². The van der Waals surface area contributed by atoms with Gasteiger partial charge in [-0.1, -0.05) is 0 Å². The van der Waals surface area contributed by atoms with E-state index in [1.165, 1.54) is 6.33 Å². The normalized spacial score (nSPS) is 10.2. The lowest BCUT2D eigenvalue weighted by atomic mass is 10.2. The minimum absolute atomic E-state index is 0.222. The van der Waals surface area contributed by atoms with Gasteiger partial charge in [0.1, 0.15) is 0 Å². The number of esters is 2. The van der Waals surface area contributed by atoms with Gasteiger partial charge >= 0.3 is 11.9 Å². The summed E-state index contributed by atoms with van der Waals surface area (Å²) in [5.74, 6) is -0.745. The van der Waals surface area contributed by atoms with Crippen molar-refractivity contribution in [3.8, 4) is 0 Å². The molecule has 0 saturated carbocycles. The molecule has 6 heteroatoms. The van der Waals surface area contributed by atoms with Gasteiger partial charge in [-0.2, -0.15) is 0 Å². The second kappa shape index (κ2) is 6.78. The maximum Gasteiger partial charge on any atom is 0.358 e. The summed E-state index contributed by atoms with van der Waals surface area (Å²) >= 11 is 0. The van der Waals surface area contributed by atoms with Crippen molar-refractivity contribution in [2.24, 2.45) is 7.05 Å². The van der Waals surface area contributed by atoms with Crippen LogP contribution in [0.15, 0.2) is 6.33 Å². The van der Waals surface area contributed by atoms with E-state index < -0.39 is 5.97 Å². The highest BCUT2D eigenvalue weighted by Crippen LogP contribution is 2.11. The highest BCUT2D eigenvalue weighted by atomic mass is 16.5. The zero-order valence-corrected chi connectivity index (χ0v) is 10.9. The Bertz CT molecular complexity index is 426. The van der Waals surface area contributed by atoms with Crippen molar-refractivity contribution < 1.29 is 19.1 Å². The van der Waals surface area contributed by atoms with E-state index in [-0.39, 0.29) is 18.1 Å². The molecule has 0 atom stereocenters. The summed E-state index contributed by atoms with van der Waals surface area (Å²) < 4.78 is 11.5. The second-order valence-electron chi connectivity index (χ2n) is 3.68. The lowest BCUT2D eigenvalue weighted by Gasteiger charge is -2.05. The van der Waals surface area contributed by atoms with E-state index in [1.807, 2.05) is 0 Å². The van der Waals surface area contributed by atoms with Gasteiger partial charge in [0.05, 0.1) is 31.7 Å². The van der Waals surface area contributed by atoms with E-state index in [2.05, 4.69) is 4.98 Å².